The highest BCUT2D eigenvalue weighted by Crippen LogP contribution is 2.28. The van der Waals surface area contributed by atoms with Gasteiger partial charge in [0.1, 0.15) is 0 Å². The summed E-state index contributed by atoms with van der Waals surface area (Å²) in [6.45, 7) is 0. The lowest BCUT2D eigenvalue weighted by Crippen LogP contribution is -2.35. The molecule has 0 heterocycles. The predicted molar refractivity (Wildman–Crippen MR) is 81.5 cm³/mol. The fourth-order valence-electron chi connectivity index (χ4n) is 2.77. The molecule has 0 amide bonds. The minimum atomic E-state index is -3.48. The van der Waals surface area contributed by atoms with E-state index in [2.05, 4.69) is 0 Å². The first-order chi connectivity index (χ1) is 9.70. The molecule has 1 unspecified atom stereocenters. The molecule has 2 rings (SSSR count). The van der Waals surface area contributed by atoms with Crippen LogP contribution in [0.15, 0.2) is 34.1 Å². The number of benzene rings is 1. The van der Waals surface area contributed by atoms with E-state index in [0.717, 1.165) is 31.9 Å². The minimum Gasteiger partial charge on any atom is -0.327 e. The van der Waals surface area contributed by atoms with Gasteiger partial charge in [-0.05, 0) is 43.0 Å². The van der Waals surface area contributed by atoms with E-state index in [9.17, 15) is 16.8 Å². The maximum atomic E-state index is 12.3. The van der Waals surface area contributed by atoms with Crippen molar-refractivity contribution in [3.63, 3.8) is 0 Å². The molecular weight excluding hydrogens is 310 g/mol. The van der Waals surface area contributed by atoms with Crippen molar-refractivity contribution in [2.75, 3.05) is 12.0 Å². The highest BCUT2D eigenvalue weighted by atomic mass is 32.2. The van der Waals surface area contributed by atoms with Crippen molar-refractivity contribution in [2.24, 2.45) is 11.7 Å². The topological polar surface area (TPSA) is 94.3 Å². The molecule has 0 aliphatic heterocycles. The average Bonchev–Trinajstić information content (AvgIpc) is 2.91. The Morgan fingerprint density at radius 2 is 1.52 bits per heavy atom. The Balaban J connectivity index is 2.15. The smallest absolute Gasteiger partial charge is 0.179 e. The first kappa shape index (κ1) is 16.5. The molecule has 21 heavy (non-hydrogen) atoms. The lowest BCUT2D eigenvalue weighted by atomic mass is 10.0. The minimum absolute atomic E-state index is 0.0874. The van der Waals surface area contributed by atoms with Crippen LogP contribution in [0.1, 0.15) is 25.7 Å². The third-order valence-corrected chi connectivity index (χ3v) is 6.97. The van der Waals surface area contributed by atoms with Crippen LogP contribution in [0.25, 0.3) is 0 Å². The highest BCUT2D eigenvalue weighted by Gasteiger charge is 2.27. The van der Waals surface area contributed by atoms with E-state index >= 15 is 0 Å². The summed E-state index contributed by atoms with van der Waals surface area (Å²) in [4.78, 5) is 0.241. The van der Waals surface area contributed by atoms with Crippen LogP contribution in [0.5, 0.6) is 0 Å². The van der Waals surface area contributed by atoms with Crippen LogP contribution in [0.2, 0.25) is 0 Å². The van der Waals surface area contributed by atoms with Crippen LogP contribution in [-0.4, -0.2) is 34.9 Å². The van der Waals surface area contributed by atoms with Crippen LogP contribution in [0, 0.1) is 5.92 Å². The van der Waals surface area contributed by atoms with Gasteiger partial charge in [-0.2, -0.15) is 0 Å². The van der Waals surface area contributed by atoms with Gasteiger partial charge < -0.3 is 5.73 Å². The molecule has 1 aromatic carbocycles. The van der Waals surface area contributed by atoms with Crippen LogP contribution in [0.3, 0.4) is 0 Å². The maximum Gasteiger partial charge on any atom is 0.179 e. The van der Waals surface area contributed by atoms with E-state index in [1.165, 1.54) is 24.3 Å². The molecular formula is C14H21NO4S2. The van der Waals surface area contributed by atoms with Gasteiger partial charge in [-0.1, -0.05) is 12.8 Å². The lowest BCUT2D eigenvalue weighted by Gasteiger charge is -2.18. The van der Waals surface area contributed by atoms with E-state index in [0.29, 0.717) is 0 Å². The molecule has 7 heteroatoms. The summed E-state index contributed by atoms with van der Waals surface area (Å²) in [5, 5.41) is 0. The standard InChI is InChI=1S/C14H21NO4S2/c1-20(16,17)12-6-8-13(9-7-12)21(18,19)10-14(15)11-4-2-3-5-11/h6-9,11,14H,2-5,10,15H2,1H3. The summed E-state index contributed by atoms with van der Waals surface area (Å²) in [5.41, 5.74) is 6.03. The number of sulfone groups is 2. The van der Waals surface area contributed by atoms with Crippen molar-refractivity contribution in [3.05, 3.63) is 24.3 Å². The Bertz CT molecular complexity index is 687. The zero-order chi connectivity index (χ0) is 15.7. The summed E-state index contributed by atoms with van der Waals surface area (Å²) in [7, 11) is -6.80. The predicted octanol–water partition coefficient (Wildman–Crippen LogP) is 1.38. The van der Waals surface area contributed by atoms with Gasteiger partial charge in [0, 0.05) is 12.3 Å². The van der Waals surface area contributed by atoms with E-state index in [4.69, 9.17) is 5.73 Å². The van der Waals surface area contributed by atoms with E-state index in [-0.39, 0.29) is 27.5 Å². The summed E-state index contributed by atoms with van der Waals surface area (Å²) in [6, 6.07) is 4.97. The molecule has 5 nitrogen and oxygen atoms in total. The van der Waals surface area contributed by atoms with Gasteiger partial charge in [-0.25, -0.2) is 16.8 Å². The summed E-state index contributed by atoms with van der Waals surface area (Å²) in [5.74, 6) is 0.186. The monoisotopic (exact) mass is 331 g/mol. The summed E-state index contributed by atoms with van der Waals surface area (Å²) in [6.07, 6.45) is 5.29. The second-order valence-electron chi connectivity index (χ2n) is 5.73. The molecule has 0 aromatic heterocycles. The molecule has 1 fully saturated rings. The quantitative estimate of drug-likeness (QED) is 0.879. The molecule has 0 bridgehead atoms. The molecule has 1 atom stereocenters. The molecule has 118 valence electrons. The Kier molecular flexibility index (Phi) is 4.75. The third-order valence-electron chi connectivity index (χ3n) is 4.03. The van der Waals surface area contributed by atoms with Crippen LogP contribution < -0.4 is 5.73 Å². The fraction of sp³-hybridized carbons (Fsp3) is 0.571. The Hall–Kier alpha value is -0.920. The SMILES string of the molecule is CS(=O)(=O)c1ccc(S(=O)(=O)CC(N)C2CCCC2)cc1. The van der Waals surface area contributed by atoms with Gasteiger partial charge >= 0.3 is 0 Å². The largest absolute Gasteiger partial charge is 0.327 e. The van der Waals surface area contributed by atoms with Crippen molar-refractivity contribution in [1.29, 1.82) is 0 Å². The van der Waals surface area contributed by atoms with Crippen LogP contribution in [-0.2, 0) is 19.7 Å². The van der Waals surface area contributed by atoms with Crippen molar-refractivity contribution < 1.29 is 16.8 Å². The first-order valence-electron chi connectivity index (χ1n) is 6.98. The van der Waals surface area contributed by atoms with Crippen LogP contribution >= 0.6 is 0 Å². The van der Waals surface area contributed by atoms with Gasteiger partial charge in [0.05, 0.1) is 15.5 Å². The Labute approximate surface area is 126 Å². The van der Waals surface area contributed by atoms with Gasteiger partial charge in [0.15, 0.2) is 19.7 Å². The number of hydrogen-bond acceptors (Lipinski definition) is 5. The normalized spacial score (nSPS) is 18.8. The molecule has 1 saturated carbocycles. The summed E-state index contributed by atoms with van der Waals surface area (Å²) < 4.78 is 47.4. The summed E-state index contributed by atoms with van der Waals surface area (Å²) >= 11 is 0. The second kappa shape index (κ2) is 6.06. The number of hydrogen-bond donors (Lipinski definition) is 1. The molecule has 1 aliphatic rings. The van der Waals surface area contributed by atoms with E-state index in [1.54, 1.807) is 0 Å². The second-order valence-corrected chi connectivity index (χ2v) is 9.78. The zero-order valence-electron chi connectivity index (χ0n) is 12.0. The first-order valence-corrected chi connectivity index (χ1v) is 10.5. The molecule has 2 N–H and O–H groups in total. The van der Waals surface area contributed by atoms with Crippen molar-refractivity contribution >= 4 is 19.7 Å². The molecule has 1 aliphatic carbocycles. The lowest BCUT2D eigenvalue weighted by molar-refractivity contribution is 0.455. The zero-order valence-corrected chi connectivity index (χ0v) is 13.7. The van der Waals surface area contributed by atoms with Crippen molar-refractivity contribution in [1.82, 2.24) is 0 Å². The van der Waals surface area contributed by atoms with Crippen molar-refractivity contribution in [3.8, 4) is 0 Å². The van der Waals surface area contributed by atoms with Crippen molar-refractivity contribution in [2.45, 2.75) is 41.5 Å². The molecule has 1 aromatic rings. The molecule has 0 radical (unpaired) electrons. The number of rotatable bonds is 5. The Morgan fingerprint density at radius 3 is 2.00 bits per heavy atom. The van der Waals surface area contributed by atoms with Gasteiger partial charge in [-0.3, -0.25) is 0 Å². The average molecular weight is 331 g/mol. The third kappa shape index (κ3) is 4.05. The van der Waals surface area contributed by atoms with Crippen LogP contribution in [0.4, 0.5) is 0 Å². The number of nitrogens with two attached hydrogens (primary N) is 1. The van der Waals surface area contributed by atoms with E-state index < -0.39 is 19.7 Å². The molecule has 0 saturated heterocycles. The van der Waals surface area contributed by atoms with Gasteiger partial charge in [-0.15, -0.1) is 0 Å². The Morgan fingerprint density at radius 1 is 1.05 bits per heavy atom. The van der Waals surface area contributed by atoms with Gasteiger partial charge in [0.25, 0.3) is 0 Å². The maximum absolute atomic E-state index is 12.3. The molecule has 0 spiro atoms. The van der Waals surface area contributed by atoms with Gasteiger partial charge in [0.2, 0.25) is 0 Å². The highest BCUT2D eigenvalue weighted by molar-refractivity contribution is 7.91. The fourth-order valence-corrected chi connectivity index (χ4v) is 4.92. The van der Waals surface area contributed by atoms with E-state index in [1.807, 2.05) is 0 Å².